The van der Waals surface area contributed by atoms with Crippen LogP contribution in [0.3, 0.4) is 0 Å². The van der Waals surface area contributed by atoms with Gasteiger partial charge in [-0.25, -0.2) is 0 Å². The minimum absolute atomic E-state index is 0. The Morgan fingerprint density at radius 2 is 1.77 bits per heavy atom. The molecule has 0 amide bonds. The van der Waals surface area contributed by atoms with E-state index in [2.05, 4.69) is 36.1 Å². The van der Waals surface area contributed by atoms with Crippen LogP contribution < -0.4 is 5.73 Å². The van der Waals surface area contributed by atoms with Crippen LogP contribution in [0.5, 0.6) is 11.5 Å². The molecule has 2 aromatic rings. The van der Waals surface area contributed by atoms with Crippen LogP contribution in [0.15, 0.2) is 36.4 Å². The maximum Gasteiger partial charge on any atom is 0.161 e. The predicted octanol–water partition coefficient (Wildman–Crippen LogP) is 4.15. The fourth-order valence-corrected chi connectivity index (χ4v) is 4.87. The predicted molar refractivity (Wildman–Crippen MR) is 129 cm³/mol. The first-order chi connectivity index (χ1) is 14.1. The van der Waals surface area contributed by atoms with Crippen LogP contribution in [0.25, 0.3) is 0 Å². The van der Waals surface area contributed by atoms with Crippen LogP contribution in [-0.2, 0) is 17.6 Å². The Bertz CT molecular complexity index is 857. The van der Waals surface area contributed by atoms with E-state index in [1.54, 1.807) is 0 Å². The minimum Gasteiger partial charge on any atom is -0.504 e. The molecule has 2 aliphatic heterocycles. The molecule has 2 aromatic carbocycles. The monoisotopic (exact) mass is 468 g/mol. The number of phenolic OH excluding ortho intramolecular Hbond substituents is 2. The molecule has 2 atom stereocenters. The summed E-state index contributed by atoms with van der Waals surface area (Å²) < 4.78 is 6.34. The first-order valence-corrected chi connectivity index (χ1v) is 10.7. The number of fused-ring (bicyclic) bond motifs is 1. The van der Waals surface area contributed by atoms with Crippen LogP contribution in [0.1, 0.15) is 41.2 Å². The first-order valence-electron chi connectivity index (χ1n) is 10.7. The molecule has 0 aliphatic carbocycles. The van der Waals surface area contributed by atoms with E-state index in [1.165, 1.54) is 17.2 Å². The minimum atomic E-state index is -0.214. The largest absolute Gasteiger partial charge is 0.504 e. The Morgan fingerprint density at radius 3 is 2.45 bits per heavy atom. The van der Waals surface area contributed by atoms with Crippen LogP contribution in [0, 0.1) is 12.8 Å². The van der Waals surface area contributed by atoms with E-state index in [-0.39, 0.29) is 48.5 Å². The first kappa shape index (κ1) is 25.8. The summed E-state index contributed by atoms with van der Waals surface area (Å²) in [6.45, 7) is 5.79. The van der Waals surface area contributed by atoms with E-state index in [0.717, 1.165) is 50.0 Å². The summed E-state index contributed by atoms with van der Waals surface area (Å²) in [5, 5.41) is 20.3. The number of halogens is 2. The molecule has 5 nitrogen and oxygen atoms in total. The van der Waals surface area contributed by atoms with Crippen LogP contribution in [-0.4, -0.2) is 47.4 Å². The Kier molecular flexibility index (Phi) is 9.46. The lowest BCUT2D eigenvalue weighted by Crippen LogP contribution is -2.42. The highest BCUT2D eigenvalue weighted by atomic mass is 35.5. The number of piperidine rings is 1. The lowest BCUT2D eigenvalue weighted by atomic mass is 9.83. The third kappa shape index (κ3) is 5.65. The molecule has 7 heteroatoms. The molecule has 2 aliphatic rings. The van der Waals surface area contributed by atoms with E-state index < -0.39 is 0 Å². The zero-order valence-electron chi connectivity index (χ0n) is 18.0. The Morgan fingerprint density at radius 1 is 1.06 bits per heavy atom. The number of hydrogen-bond acceptors (Lipinski definition) is 5. The van der Waals surface area contributed by atoms with Gasteiger partial charge in [0.05, 0.1) is 12.2 Å². The summed E-state index contributed by atoms with van der Waals surface area (Å²) in [7, 11) is 0. The van der Waals surface area contributed by atoms with Crippen molar-refractivity contribution in [3.05, 3.63) is 58.7 Å². The molecular weight excluding hydrogens is 435 g/mol. The molecule has 1 saturated heterocycles. The highest BCUT2D eigenvalue weighted by molar-refractivity contribution is 5.85. The molecule has 1 fully saturated rings. The van der Waals surface area contributed by atoms with Crippen molar-refractivity contribution in [3.8, 4) is 11.5 Å². The number of ether oxygens (including phenoxy) is 1. The topological polar surface area (TPSA) is 79.0 Å². The normalized spacial score (nSPS) is 21.6. The van der Waals surface area contributed by atoms with Crippen molar-refractivity contribution < 1.29 is 14.9 Å². The molecular formula is C24H34Cl2N2O3. The van der Waals surface area contributed by atoms with Crippen molar-refractivity contribution in [1.29, 1.82) is 0 Å². The second kappa shape index (κ2) is 11.4. The summed E-state index contributed by atoms with van der Waals surface area (Å²) in [6, 6.07) is 12.0. The van der Waals surface area contributed by atoms with Crippen molar-refractivity contribution in [3.63, 3.8) is 0 Å². The van der Waals surface area contributed by atoms with Gasteiger partial charge in [-0.15, -0.1) is 24.8 Å². The third-order valence-corrected chi connectivity index (χ3v) is 6.72. The molecule has 0 radical (unpaired) electrons. The van der Waals surface area contributed by atoms with Gasteiger partial charge >= 0.3 is 0 Å². The van der Waals surface area contributed by atoms with Gasteiger partial charge in [0, 0.05) is 25.1 Å². The fraction of sp³-hybridized carbons (Fsp3) is 0.500. The summed E-state index contributed by atoms with van der Waals surface area (Å²) in [6.07, 6.45) is 3.74. The van der Waals surface area contributed by atoms with Crippen molar-refractivity contribution in [2.24, 2.45) is 11.7 Å². The lowest BCUT2D eigenvalue weighted by molar-refractivity contribution is -0.0646. The highest BCUT2D eigenvalue weighted by Gasteiger charge is 2.35. The van der Waals surface area contributed by atoms with E-state index in [4.69, 9.17) is 10.5 Å². The van der Waals surface area contributed by atoms with Gasteiger partial charge in [-0.1, -0.05) is 30.3 Å². The van der Waals surface area contributed by atoms with E-state index in [9.17, 15) is 10.2 Å². The van der Waals surface area contributed by atoms with Gasteiger partial charge in [0.2, 0.25) is 0 Å². The van der Waals surface area contributed by atoms with E-state index in [0.29, 0.717) is 18.9 Å². The maximum atomic E-state index is 10.4. The van der Waals surface area contributed by atoms with E-state index >= 15 is 0 Å². The summed E-state index contributed by atoms with van der Waals surface area (Å²) in [5.74, 6) is 0.379. The summed E-state index contributed by atoms with van der Waals surface area (Å²) in [5.41, 5.74) is 10.5. The fourth-order valence-electron chi connectivity index (χ4n) is 4.87. The molecule has 0 bridgehead atoms. The SMILES string of the molecule is Cc1ccccc1CCN1CCC([C@H]2Cc3c(ccc(O)c3O)[C@@H](CN)O2)CC1.Cl.Cl. The standard InChI is InChI=1S/C24H32N2O3.2ClH/c1-16-4-2-3-5-17(16)8-11-26-12-9-18(10-13-26)22-14-20-19(23(15-25)29-22)6-7-21(27)24(20)28;;/h2-7,18,22-23,27-28H,8-15,25H2,1H3;2*1H/t22-,23-;;/m1../s1. The number of aryl methyl sites for hydroxylation is 1. The van der Waals surface area contributed by atoms with Gasteiger partial charge in [0.15, 0.2) is 11.5 Å². The Hall–Kier alpha value is -1.50. The van der Waals surface area contributed by atoms with Gasteiger partial charge < -0.3 is 25.6 Å². The highest BCUT2D eigenvalue weighted by Crippen LogP contribution is 2.42. The molecule has 0 aromatic heterocycles. The smallest absolute Gasteiger partial charge is 0.161 e. The number of hydrogen-bond donors (Lipinski definition) is 3. The zero-order chi connectivity index (χ0) is 20.4. The number of phenols is 2. The van der Waals surface area contributed by atoms with Gasteiger partial charge in [0.25, 0.3) is 0 Å². The quantitative estimate of drug-likeness (QED) is 0.574. The molecule has 0 saturated carbocycles. The Balaban J connectivity index is 0.00000171. The molecule has 0 spiro atoms. The lowest BCUT2D eigenvalue weighted by Gasteiger charge is -2.40. The molecule has 31 heavy (non-hydrogen) atoms. The van der Waals surface area contributed by atoms with Crippen LogP contribution in [0.2, 0.25) is 0 Å². The summed E-state index contributed by atoms with van der Waals surface area (Å²) in [4.78, 5) is 2.55. The summed E-state index contributed by atoms with van der Waals surface area (Å²) >= 11 is 0. The van der Waals surface area contributed by atoms with E-state index in [1.807, 2.05) is 6.07 Å². The molecule has 4 rings (SSSR count). The van der Waals surface area contributed by atoms with Gasteiger partial charge in [-0.05, 0) is 68.0 Å². The molecule has 2 heterocycles. The van der Waals surface area contributed by atoms with Crippen molar-refractivity contribution in [2.45, 2.75) is 44.8 Å². The second-order valence-corrected chi connectivity index (χ2v) is 8.46. The number of nitrogens with zero attached hydrogens (tertiary/aromatic N) is 1. The second-order valence-electron chi connectivity index (χ2n) is 8.46. The number of nitrogens with two attached hydrogens (primary N) is 1. The van der Waals surface area contributed by atoms with Crippen LogP contribution in [0.4, 0.5) is 0 Å². The maximum absolute atomic E-state index is 10.4. The average Bonchev–Trinajstić information content (AvgIpc) is 2.75. The third-order valence-electron chi connectivity index (χ3n) is 6.72. The molecule has 4 N–H and O–H groups in total. The molecule has 172 valence electrons. The number of aromatic hydroxyl groups is 2. The number of benzene rings is 2. The number of rotatable bonds is 5. The average molecular weight is 469 g/mol. The van der Waals surface area contributed by atoms with Crippen molar-refractivity contribution in [2.75, 3.05) is 26.2 Å². The van der Waals surface area contributed by atoms with Gasteiger partial charge in [0.1, 0.15) is 0 Å². The molecule has 0 unspecified atom stereocenters. The van der Waals surface area contributed by atoms with Gasteiger partial charge in [-0.2, -0.15) is 0 Å². The number of likely N-dealkylation sites (tertiary alicyclic amines) is 1. The zero-order valence-corrected chi connectivity index (χ0v) is 19.6. The van der Waals surface area contributed by atoms with Gasteiger partial charge in [-0.3, -0.25) is 0 Å². The van der Waals surface area contributed by atoms with Crippen molar-refractivity contribution >= 4 is 24.8 Å². The van der Waals surface area contributed by atoms with Crippen molar-refractivity contribution in [1.82, 2.24) is 4.90 Å². The Labute approximate surface area is 197 Å². The van der Waals surface area contributed by atoms with Crippen LogP contribution >= 0.6 is 24.8 Å².